The maximum Gasteiger partial charge on any atom is 0.288 e. The second-order valence-corrected chi connectivity index (χ2v) is 7.95. The molecule has 5 heteroatoms. The largest absolute Gasteiger partial charge is 0.459 e. The Bertz CT molecular complexity index is 674. The summed E-state index contributed by atoms with van der Waals surface area (Å²) in [5, 5.41) is 9.14. The van der Waals surface area contributed by atoms with Crippen molar-refractivity contribution in [2.24, 2.45) is 11.8 Å². The second kappa shape index (κ2) is 8.44. The summed E-state index contributed by atoms with van der Waals surface area (Å²) in [6.07, 6.45) is 8.34. The highest BCUT2D eigenvalue weighted by atomic mass is 16.7. The molecule has 0 unspecified atom stereocenters. The Morgan fingerprint density at radius 1 is 1.11 bits per heavy atom. The first kappa shape index (κ1) is 18.5. The molecule has 0 spiro atoms. The third-order valence-electron chi connectivity index (χ3n) is 5.81. The number of allylic oxidation sites excluding steroid dienone is 1. The predicted octanol–water partition coefficient (Wildman–Crippen LogP) is 3.36. The molecule has 0 radical (unpaired) electrons. The summed E-state index contributed by atoms with van der Waals surface area (Å²) in [7, 11) is 0. The van der Waals surface area contributed by atoms with Gasteiger partial charge in [0.05, 0.1) is 13.2 Å². The number of nitrogens with zero attached hydrogens (tertiary/aromatic N) is 1. The van der Waals surface area contributed by atoms with Crippen molar-refractivity contribution >= 4 is 5.91 Å². The van der Waals surface area contributed by atoms with Crippen LogP contribution in [0.25, 0.3) is 0 Å². The van der Waals surface area contributed by atoms with Gasteiger partial charge in [0.1, 0.15) is 0 Å². The van der Waals surface area contributed by atoms with Gasteiger partial charge < -0.3 is 19.5 Å². The minimum atomic E-state index is -0.373. The summed E-state index contributed by atoms with van der Waals surface area (Å²) in [6, 6.07) is 7.72. The molecule has 1 aromatic carbocycles. The molecule has 3 aliphatic rings. The summed E-state index contributed by atoms with van der Waals surface area (Å²) in [5.41, 5.74) is 1.93. The first-order valence-corrected chi connectivity index (χ1v) is 10.2. The molecule has 1 N–H and O–H groups in total. The summed E-state index contributed by atoms with van der Waals surface area (Å²) < 4.78 is 12.0. The molecule has 1 saturated heterocycles. The molecule has 4 rings (SSSR count). The lowest BCUT2D eigenvalue weighted by Gasteiger charge is -2.33. The van der Waals surface area contributed by atoms with Crippen LogP contribution in [0.3, 0.4) is 0 Å². The van der Waals surface area contributed by atoms with Crippen LogP contribution >= 0.6 is 0 Å². The van der Waals surface area contributed by atoms with Gasteiger partial charge >= 0.3 is 0 Å². The van der Waals surface area contributed by atoms with Crippen molar-refractivity contribution in [3.05, 3.63) is 47.2 Å². The quantitative estimate of drug-likeness (QED) is 0.833. The van der Waals surface area contributed by atoms with E-state index in [-0.39, 0.29) is 18.8 Å². The Morgan fingerprint density at radius 2 is 1.81 bits per heavy atom. The van der Waals surface area contributed by atoms with E-state index in [2.05, 4.69) is 6.08 Å². The smallest absolute Gasteiger partial charge is 0.288 e. The SMILES string of the molecule is O=C(C1=C[C@@H](C2CC2)C[C@@H](OCc2ccc(CO)cc2)O1)N1CCCCC1. The lowest BCUT2D eigenvalue weighted by atomic mass is 9.96. The lowest BCUT2D eigenvalue weighted by Crippen LogP contribution is -2.39. The normalized spacial score (nSPS) is 25.7. The van der Waals surface area contributed by atoms with Gasteiger partial charge in [0.25, 0.3) is 5.91 Å². The first-order valence-electron chi connectivity index (χ1n) is 10.2. The van der Waals surface area contributed by atoms with E-state index in [1.807, 2.05) is 29.2 Å². The number of hydrogen-bond acceptors (Lipinski definition) is 4. The number of carbonyl (C=O) groups is 1. The van der Waals surface area contributed by atoms with Gasteiger partial charge in [-0.3, -0.25) is 4.79 Å². The van der Waals surface area contributed by atoms with E-state index in [1.165, 1.54) is 19.3 Å². The average Bonchev–Trinajstić information content (AvgIpc) is 3.58. The van der Waals surface area contributed by atoms with Crippen LogP contribution in [-0.4, -0.2) is 35.3 Å². The first-order chi connectivity index (χ1) is 13.2. The molecular formula is C22H29NO4. The van der Waals surface area contributed by atoms with Crippen molar-refractivity contribution in [1.82, 2.24) is 4.90 Å². The minimum absolute atomic E-state index is 0.0287. The monoisotopic (exact) mass is 371 g/mol. The molecule has 0 aromatic heterocycles. The van der Waals surface area contributed by atoms with E-state index >= 15 is 0 Å². The highest BCUT2D eigenvalue weighted by Gasteiger charge is 2.38. The fourth-order valence-electron chi connectivity index (χ4n) is 3.97. The van der Waals surface area contributed by atoms with Gasteiger partial charge in [-0.05, 0) is 61.1 Å². The molecule has 2 heterocycles. The number of amides is 1. The Balaban J connectivity index is 1.39. The van der Waals surface area contributed by atoms with E-state index in [0.717, 1.165) is 43.5 Å². The molecular weight excluding hydrogens is 342 g/mol. The molecule has 1 amide bonds. The number of aliphatic hydroxyl groups is 1. The number of hydrogen-bond donors (Lipinski definition) is 1. The zero-order valence-electron chi connectivity index (χ0n) is 15.8. The molecule has 1 aliphatic carbocycles. The van der Waals surface area contributed by atoms with Crippen molar-refractivity contribution in [2.75, 3.05) is 13.1 Å². The number of piperidine rings is 1. The molecule has 146 valence electrons. The van der Waals surface area contributed by atoms with Crippen LogP contribution in [0, 0.1) is 11.8 Å². The van der Waals surface area contributed by atoms with Crippen molar-refractivity contribution in [3.63, 3.8) is 0 Å². The predicted molar refractivity (Wildman–Crippen MR) is 101 cm³/mol. The van der Waals surface area contributed by atoms with Crippen LogP contribution in [0.2, 0.25) is 0 Å². The molecule has 2 fully saturated rings. The fraction of sp³-hybridized carbons (Fsp3) is 0.591. The standard InChI is InChI=1S/C22H29NO4/c24-14-16-4-6-17(7-5-16)15-26-21-13-19(18-8-9-18)12-20(27-21)22(25)23-10-2-1-3-11-23/h4-7,12,18-19,21,24H,1-3,8-11,13-15H2/t19-,21+/m1/s1. The molecule has 2 aliphatic heterocycles. The van der Waals surface area contributed by atoms with Gasteiger partial charge in [0.2, 0.25) is 6.29 Å². The van der Waals surface area contributed by atoms with Crippen LogP contribution in [-0.2, 0) is 27.5 Å². The Kier molecular flexibility index (Phi) is 5.79. The van der Waals surface area contributed by atoms with Gasteiger partial charge in [0, 0.05) is 19.5 Å². The third kappa shape index (κ3) is 4.71. The van der Waals surface area contributed by atoms with E-state index in [1.54, 1.807) is 0 Å². The highest BCUT2D eigenvalue weighted by molar-refractivity contribution is 5.91. The Hall–Kier alpha value is -1.85. The lowest BCUT2D eigenvalue weighted by molar-refractivity contribution is -0.159. The molecule has 1 saturated carbocycles. The number of likely N-dealkylation sites (tertiary alicyclic amines) is 1. The molecule has 5 nitrogen and oxygen atoms in total. The zero-order valence-corrected chi connectivity index (χ0v) is 15.8. The van der Waals surface area contributed by atoms with Crippen molar-refractivity contribution in [1.29, 1.82) is 0 Å². The summed E-state index contributed by atoms with van der Waals surface area (Å²) in [5.74, 6) is 1.57. The number of rotatable bonds is 6. The summed E-state index contributed by atoms with van der Waals surface area (Å²) >= 11 is 0. The minimum Gasteiger partial charge on any atom is -0.459 e. The summed E-state index contributed by atoms with van der Waals surface area (Å²) in [6.45, 7) is 2.15. The number of ether oxygens (including phenoxy) is 2. The van der Waals surface area contributed by atoms with E-state index in [0.29, 0.717) is 24.2 Å². The fourth-order valence-corrected chi connectivity index (χ4v) is 3.97. The van der Waals surface area contributed by atoms with Crippen LogP contribution < -0.4 is 0 Å². The zero-order chi connectivity index (χ0) is 18.6. The van der Waals surface area contributed by atoms with E-state index < -0.39 is 0 Å². The van der Waals surface area contributed by atoms with Crippen molar-refractivity contribution in [2.45, 2.75) is 58.0 Å². The Labute approximate surface area is 161 Å². The van der Waals surface area contributed by atoms with E-state index in [4.69, 9.17) is 14.6 Å². The molecule has 27 heavy (non-hydrogen) atoms. The number of aliphatic hydroxyl groups excluding tert-OH is 1. The van der Waals surface area contributed by atoms with Crippen LogP contribution in [0.5, 0.6) is 0 Å². The van der Waals surface area contributed by atoms with Gasteiger partial charge in [-0.2, -0.15) is 0 Å². The van der Waals surface area contributed by atoms with Gasteiger partial charge in [-0.25, -0.2) is 0 Å². The number of carbonyl (C=O) groups excluding carboxylic acids is 1. The van der Waals surface area contributed by atoms with Crippen LogP contribution in [0.15, 0.2) is 36.1 Å². The second-order valence-electron chi connectivity index (χ2n) is 7.95. The van der Waals surface area contributed by atoms with Crippen molar-refractivity contribution in [3.8, 4) is 0 Å². The molecule has 0 bridgehead atoms. The number of benzene rings is 1. The molecule has 1 aromatic rings. The molecule has 2 atom stereocenters. The highest BCUT2D eigenvalue weighted by Crippen LogP contribution is 2.43. The Morgan fingerprint density at radius 3 is 2.48 bits per heavy atom. The third-order valence-corrected chi connectivity index (χ3v) is 5.81. The van der Waals surface area contributed by atoms with Gasteiger partial charge in [0.15, 0.2) is 5.76 Å². The maximum absolute atomic E-state index is 12.9. The average molecular weight is 371 g/mol. The summed E-state index contributed by atoms with van der Waals surface area (Å²) in [4.78, 5) is 14.8. The van der Waals surface area contributed by atoms with Crippen LogP contribution in [0.1, 0.15) is 49.7 Å². The van der Waals surface area contributed by atoms with Gasteiger partial charge in [-0.15, -0.1) is 0 Å². The van der Waals surface area contributed by atoms with E-state index in [9.17, 15) is 4.79 Å². The van der Waals surface area contributed by atoms with Gasteiger partial charge in [-0.1, -0.05) is 24.3 Å². The topological polar surface area (TPSA) is 59.0 Å². The van der Waals surface area contributed by atoms with Crippen molar-refractivity contribution < 1.29 is 19.4 Å². The maximum atomic E-state index is 12.9. The van der Waals surface area contributed by atoms with Crippen LogP contribution in [0.4, 0.5) is 0 Å².